The Balaban J connectivity index is 1.75. The van der Waals surface area contributed by atoms with Crippen molar-refractivity contribution >= 4 is 46.2 Å². The van der Waals surface area contributed by atoms with Crippen LogP contribution in [0.15, 0.2) is 48.5 Å². The van der Waals surface area contributed by atoms with Gasteiger partial charge in [-0.25, -0.2) is 0 Å². The molecule has 2 aromatic carbocycles. The van der Waals surface area contributed by atoms with E-state index in [4.69, 9.17) is 24.8 Å². The fourth-order valence-corrected chi connectivity index (χ4v) is 3.46. The van der Waals surface area contributed by atoms with Crippen LogP contribution in [0.2, 0.25) is 0 Å². The van der Waals surface area contributed by atoms with Crippen molar-refractivity contribution in [3.05, 3.63) is 59.7 Å². The standard InChI is InChI=1S/C23H33B2N2O7P/c1-22(2,27-21(29)17-6-10-19(11-7-17)25(32)33)13-15-34-23(3,35)12-14-26-20(28)16-4-8-18(9-5-16)24(30)31/h4-11,30-33H,12-15,35H2,1-3H3,(H,26,28)(H,27,29). The van der Waals surface area contributed by atoms with Gasteiger partial charge in [-0.2, -0.15) is 0 Å². The summed E-state index contributed by atoms with van der Waals surface area (Å²) >= 11 is 0. The monoisotopic (exact) mass is 502 g/mol. The van der Waals surface area contributed by atoms with E-state index >= 15 is 0 Å². The largest absolute Gasteiger partial charge is 0.488 e. The molecule has 0 aliphatic rings. The van der Waals surface area contributed by atoms with Crippen molar-refractivity contribution in [2.45, 2.75) is 44.5 Å². The molecule has 35 heavy (non-hydrogen) atoms. The van der Waals surface area contributed by atoms with Crippen LogP contribution in [0.5, 0.6) is 0 Å². The van der Waals surface area contributed by atoms with E-state index in [9.17, 15) is 9.59 Å². The highest BCUT2D eigenvalue weighted by atomic mass is 31.0. The van der Waals surface area contributed by atoms with Gasteiger partial charge in [-0.05, 0) is 68.8 Å². The summed E-state index contributed by atoms with van der Waals surface area (Å²) in [5.41, 5.74) is 0.906. The first kappa shape index (κ1) is 29.0. The highest BCUT2D eigenvalue weighted by Crippen LogP contribution is 2.24. The van der Waals surface area contributed by atoms with Gasteiger partial charge in [0.25, 0.3) is 11.8 Å². The molecule has 0 aromatic heterocycles. The van der Waals surface area contributed by atoms with E-state index in [0.717, 1.165) is 0 Å². The number of carbonyl (C=O) groups is 2. The number of hydrogen-bond acceptors (Lipinski definition) is 7. The lowest BCUT2D eigenvalue weighted by atomic mass is 9.80. The molecule has 0 saturated heterocycles. The highest BCUT2D eigenvalue weighted by Gasteiger charge is 2.25. The van der Waals surface area contributed by atoms with Crippen molar-refractivity contribution in [1.29, 1.82) is 0 Å². The summed E-state index contributed by atoms with van der Waals surface area (Å²) in [6.45, 7) is 6.43. The summed E-state index contributed by atoms with van der Waals surface area (Å²) in [7, 11) is -0.514. The first-order valence-corrected chi connectivity index (χ1v) is 11.8. The van der Waals surface area contributed by atoms with E-state index in [0.29, 0.717) is 48.0 Å². The van der Waals surface area contributed by atoms with Gasteiger partial charge in [-0.15, -0.1) is 9.24 Å². The van der Waals surface area contributed by atoms with Crippen molar-refractivity contribution in [2.75, 3.05) is 13.2 Å². The molecule has 9 nitrogen and oxygen atoms in total. The zero-order valence-corrected chi connectivity index (χ0v) is 21.3. The summed E-state index contributed by atoms with van der Waals surface area (Å²) in [4.78, 5) is 24.8. The maximum absolute atomic E-state index is 12.5. The van der Waals surface area contributed by atoms with E-state index in [-0.39, 0.29) is 11.8 Å². The average Bonchev–Trinajstić information content (AvgIpc) is 2.78. The van der Waals surface area contributed by atoms with Crippen molar-refractivity contribution in [3.63, 3.8) is 0 Å². The van der Waals surface area contributed by atoms with Gasteiger partial charge >= 0.3 is 14.2 Å². The summed E-state index contributed by atoms with van der Waals surface area (Å²) in [6, 6.07) is 12.1. The Hall–Kier alpha value is -2.26. The van der Waals surface area contributed by atoms with Gasteiger partial charge < -0.3 is 35.5 Å². The van der Waals surface area contributed by atoms with Crippen LogP contribution >= 0.6 is 9.24 Å². The molecule has 0 saturated carbocycles. The molecule has 0 heterocycles. The maximum atomic E-state index is 12.5. The molecule has 0 aliphatic heterocycles. The molecule has 0 radical (unpaired) electrons. The van der Waals surface area contributed by atoms with Crippen LogP contribution in [0.3, 0.4) is 0 Å². The van der Waals surface area contributed by atoms with Crippen LogP contribution < -0.4 is 21.6 Å². The number of hydrogen-bond donors (Lipinski definition) is 6. The van der Waals surface area contributed by atoms with Crippen molar-refractivity contribution in [3.8, 4) is 0 Å². The third-order valence-corrected chi connectivity index (χ3v) is 5.92. The molecule has 188 valence electrons. The van der Waals surface area contributed by atoms with Gasteiger partial charge in [0.05, 0.1) is 5.34 Å². The number of ether oxygens (including phenoxy) is 1. The van der Waals surface area contributed by atoms with E-state index < -0.39 is 25.1 Å². The normalized spacial score (nSPS) is 13.0. The van der Waals surface area contributed by atoms with Crippen LogP contribution in [0, 0.1) is 0 Å². The Bertz CT molecular complexity index is 984. The first-order valence-electron chi connectivity index (χ1n) is 11.3. The lowest BCUT2D eigenvalue weighted by Crippen LogP contribution is -2.44. The molecule has 12 heteroatoms. The van der Waals surface area contributed by atoms with Gasteiger partial charge in [0.2, 0.25) is 0 Å². The van der Waals surface area contributed by atoms with Crippen molar-refractivity contribution in [1.82, 2.24) is 10.6 Å². The Morgan fingerprint density at radius 3 is 1.74 bits per heavy atom. The Labute approximate surface area is 208 Å². The third kappa shape index (κ3) is 9.72. The molecule has 2 unspecified atom stereocenters. The number of amides is 2. The van der Waals surface area contributed by atoms with Crippen LogP contribution in [-0.2, 0) is 4.74 Å². The van der Waals surface area contributed by atoms with E-state index in [2.05, 4.69) is 19.9 Å². The number of rotatable bonds is 12. The van der Waals surface area contributed by atoms with Gasteiger partial charge in [0.1, 0.15) is 0 Å². The predicted molar refractivity (Wildman–Crippen MR) is 140 cm³/mol. The minimum Gasteiger partial charge on any atom is -0.423 e. The molecule has 2 atom stereocenters. The lowest BCUT2D eigenvalue weighted by molar-refractivity contribution is 0.0218. The molecule has 0 fully saturated rings. The Kier molecular flexibility index (Phi) is 10.5. The second kappa shape index (κ2) is 12.6. The lowest BCUT2D eigenvalue weighted by Gasteiger charge is -2.30. The Morgan fingerprint density at radius 1 is 0.829 bits per heavy atom. The molecule has 0 bridgehead atoms. The molecular weight excluding hydrogens is 469 g/mol. The summed E-state index contributed by atoms with van der Waals surface area (Å²) in [6.07, 6.45) is 1.08. The fraction of sp³-hybridized carbons (Fsp3) is 0.391. The van der Waals surface area contributed by atoms with E-state index in [1.165, 1.54) is 48.5 Å². The first-order chi connectivity index (χ1) is 16.3. The zero-order chi connectivity index (χ0) is 26.2. The van der Waals surface area contributed by atoms with Crippen LogP contribution in [0.4, 0.5) is 0 Å². The van der Waals surface area contributed by atoms with Gasteiger partial charge in [-0.1, -0.05) is 24.3 Å². The van der Waals surface area contributed by atoms with Crippen LogP contribution in [0.25, 0.3) is 0 Å². The topological polar surface area (TPSA) is 148 Å². The smallest absolute Gasteiger partial charge is 0.423 e. The maximum Gasteiger partial charge on any atom is 0.488 e. The molecule has 2 rings (SSSR count). The minimum absolute atomic E-state index is 0.268. The van der Waals surface area contributed by atoms with Crippen molar-refractivity contribution in [2.24, 2.45) is 0 Å². The molecule has 6 N–H and O–H groups in total. The molecular formula is C23H33B2N2O7P. The quantitative estimate of drug-likeness (QED) is 0.167. The van der Waals surface area contributed by atoms with Gasteiger partial charge in [-0.3, -0.25) is 9.59 Å². The molecule has 0 spiro atoms. The van der Waals surface area contributed by atoms with Gasteiger partial charge in [0.15, 0.2) is 0 Å². The van der Waals surface area contributed by atoms with Crippen LogP contribution in [-0.4, -0.2) is 70.2 Å². The minimum atomic E-state index is -1.58. The SMILES string of the molecule is CC(C)(CCOC(C)(P)CCNC(=O)c1ccc(B(O)O)cc1)NC(=O)c1ccc(B(O)O)cc1. The summed E-state index contributed by atoms with van der Waals surface area (Å²) in [5.74, 6) is -0.540. The molecule has 2 amide bonds. The number of benzene rings is 2. The average molecular weight is 502 g/mol. The second-order valence-corrected chi connectivity index (χ2v) is 10.5. The predicted octanol–water partition coefficient (Wildman–Crippen LogP) is -0.627. The summed E-state index contributed by atoms with van der Waals surface area (Å²) < 4.78 is 5.97. The molecule has 0 aliphatic carbocycles. The second-order valence-electron chi connectivity index (χ2n) is 9.25. The van der Waals surface area contributed by atoms with Crippen LogP contribution in [0.1, 0.15) is 54.3 Å². The number of carbonyl (C=O) groups excluding carboxylic acids is 2. The zero-order valence-electron chi connectivity index (χ0n) is 20.2. The highest BCUT2D eigenvalue weighted by molar-refractivity contribution is 7.18. The van der Waals surface area contributed by atoms with Crippen molar-refractivity contribution < 1.29 is 34.4 Å². The summed E-state index contributed by atoms with van der Waals surface area (Å²) in [5, 5.41) is 41.8. The molecule has 2 aromatic rings. The Morgan fingerprint density at radius 2 is 1.29 bits per heavy atom. The van der Waals surface area contributed by atoms with Gasteiger partial charge in [0, 0.05) is 29.8 Å². The third-order valence-electron chi connectivity index (χ3n) is 5.46. The van der Waals surface area contributed by atoms with E-state index in [1.807, 2.05) is 20.8 Å². The van der Waals surface area contributed by atoms with E-state index in [1.54, 1.807) is 0 Å². The fourth-order valence-electron chi connectivity index (χ4n) is 3.19. The number of nitrogens with one attached hydrogen (secondary N) is 2.